The molecule has 8 heteroatoms. The number of pyridine rings is 1. The quantitative estimate of drug-likeness (QED) is 0.852. The highest BCUT2D eigenvalue weighted by Crippen LogP contribution is 2.38. The minimum Gasteiger partial charge on any atom is -0.494 e. The van der Waals surface area contributed by atoms with E-state index in [1.807, 2.05) is 12.1 Å². The summed E-state index contributed by atoms with van der Waals surface area (Å²) in [5.74, 6) is 0.850. The summed E-state index contributed by atoms with van der Waals surface area (Å²) in [7, 11) is 0. The van der Waals surface area contributed by atoms with Gasteiger partial charge in [0.15, 0.2) is 11.7 Å². The van der Waals surface area contributed by atoms with Gasteiger partial charge in [0.1, 0.15) is 0 Å². The summed E-state index contributed by atoms with van der Waals surface area (Å²) >= 11 is 0. The number of piperazine rings is 1. The zero-order chi connectivity index (χ0) is 17.4. The Kier molecular flexibility index (Phi) is 3.87. The molecule has 2 N–H and O–H groups in total. The molecule has 1 saturated carbocycles. The van der Waals surface area contributed by atoms with Gasteiger partial charge in [0.25, 0.3) is 11.5 Å². The van der Waals surface area contributed by atoms with Gasteiger partial charge < -0.3 is 14.9 Å². The summed E-state index contributed by atoms with van der Waals surface area (Å²) in [6, 6.07) is 6.51. The Morgan fingerprint density at radius 2 is 1.88 bits per heavy atom. The second-order valence-electron chi connectivity index (χ2n) is 6.49. The van der Waals surface area contributed by atoms with E-state index in [0.29, 0.717) is 32.1 Å². The fourth-order valence-corrected chi connectivity index (χ4v) is 3.07. The van der Waals surface area contributed by atoms with Crippen molar-refractivity contribution in [2.45, 2.75) is 18.8 Å². The third kappa shape index (κ3) is 3.33. The molecule has 0 radical (unpaired) electrons. The molecule has 1 saturated heterocycles. The predicted molar refractivity (Wildman–Crippen MR) is 90.9 cm³/mol. The van der Waals surface area contributed by atoms with Gasteiger partial charge in [0, 0.05) is 44.2 Å². The summed E-state index contributed by atoms with van der Waals surface area (Å²) in [5.41, 5.74) is 0.767. The van der Waals surface area contributed by atoms with E-state index in [1.165, 1.54) is 25.0 Å². The second-order valence-corrected chi connectivity index (χ2v) is 6.49. The maximum absolute atomic E-state index is 12.5. The maximum atomic E-state index is 12.5. The summed E-state index contributed by atoms with van der Waals surface area (Å²) in [4.78, 5) is 29.9. The first kappa shape index (κ1) is 15.6. The van der Waals surface area contributed by atoms with Crippen LogP contribution in [0.4, 0.5) is 5.82 Å². The first-order valence-corrected chi connectivity index (χ1v) is 8.41. The van der Waals surface area contributed by atoms with Crippen LogP contribution in [0.5, 0.6) is 5.88 Å². The van der Waals surface area contributed by atoms with E-state index < -0.39 is 5.56 Å². The van der Waals surface area contributed by atoms with Crippen LogP contribution >= 0.6 is 0 Å². The number of aromatic amines is 1. The normalized spacial score (nSPS) is 17.6. The van der Waals surface area contributed by atoms with Crippen molar-refractivity contribution < 1.29 is 9.90 Å². The fourth-order valence-electron chi connectivity index (χ4n) is 3.07. The SMILES string of the molecule is O=C(c1cc(O)[nH]c(=O)c1)N1CCN(c2ccc(C3CC3)nn2)CC1. The minimum atomic E-state index is -0.493. The maximum Gasteiger partial charge on any atom is 0.254 e. The van der Waals surface area contributed by atoms with E-state index in [1.54, 1.807) is 4.90 Å². The highest BCUT2D eigenvalue weighted by atomic mass is 16.3. The number of H-pyrrole nitrogens is 1. The van der Waals surface area contributed by atoms with Gasteiger partial charge in [-0.25, -0.2) is 0 Å². The number of carbonyl (C=O) groups excluding carboxylic acids is 1. The molecular weight excluding hydrogens is 322 g/mol. The molecule has 130 valence electrons. The van der Waals surface area contributed by atoms with Crippen molar-refractivity contribution in [3.05, 3.63) is 45.9 Å². The number of hydrogen-bond acceptors (Lipinski definition) is 6. The number of aromatic nitrogens is 3. The Balaban J connectivity index is 1.40. The van der Waals surface area contributed by atoms with Crippen molar-refractivity contribution in [1.82, 2.24) is 20.1 Å². The highest BCUT2D eigenvalue weighted by Gasteiger charge is 2.27. The molecule has 0 atom stereocenters. The Hall–Kier alpha value is -2.90. The molecule has 2 fully saturated rings. The lowest BCUT2D eigenvalue weighted by atomic mass is 10.2. The van der Waals surface area contributed by atoms with Crippen molar-refractivity contribution in [1.29, 1.82) is 0 Å². The number of aromatic hydroxyl groups is 1. The number of nitrogens with one attached hydrogen (secondary N) is 1. The number of hydrogen-bond donors (Lipinski definition) is 2. The minimum absolute atomic E-state index is 0.197. The van der Waals surface area contributed by atoms with Crippen molar-refractivity contribution in [2.24, 2.45) is 0 Å². The highest BCUT2D eigenvalue weighted by molar-refractivity contribution is 5.94. The summed E-state index contributed by atoms with van der Waals surface area (Å²) in [6.45, 7) is 2.35. The van der Waals surface area contributed by atoms with Gasteiger partial charge in [-0.05, 0) is 25.0 Å². The summed E-state index contributed by atoms with van der Waals surface area (Å²) in [6.07, 6.45) is 2.40. The van der Waals surface area contributed by atoms with Crippen molar-refractivity contribution in [3.63, 3.8) is 0 Å². The molecule has 2 aromatic heterocycles. The average molecular weight is 341 g/mol. The van der Waals surface area contributed by atoms with Crippen LogP contribution in [0.2, 0.25) is 0 Å². The Labute approximate surface area is 144 Å². The Bertz CT molecular complexity index is 836. The first-order chi connectivity index (χ1) is 12.1. The largest absolute Gasteiger partial charge is 0.494 e. The van der Waals surface area contributed by atoms with Gasteiger partial charge in [-0.2, -0.15) is 5.10 Å². The lowest BCUT2D eigenvalue weighted by Crippen LogP contribution is -2.49. The van der Waals surface area contributed by atoms with Gasteiger partial charge in [-0.3, -0.25) is 14.6 Å². The molecule has 2 aromatic rings. The third-order valence-electron chi connectivity index (χ3n) is 4.63. The van der Waals surface area contributed by atoms with Crippen LogP contribution < -0.4 is 10.5 Å². The van der Waals surface area contributed by atoms with E-state index in [0.717, 1.165) is 11.5 Å². The first-order valence-electron chi connectivity index (χ1n) is 8.41. The third-order valence-corrected chi connectivity index (χ3v) is 4.63. The molecule has 0 unspecified atom stereocenters. The molecule has 1 aliphatic carbocycles. The molecule has 25 heavy (non-hydrogen) atoms. The molecule has 3 heterocycles. The Morgan fingerprint density at radius 1 is 1.12 bits per heavy atom. The van der Waals surface area contributed by atoms with E-state index in [2.05, 4.69) is 20.1 Å². The van der Waals surface area contributed by atoms with Crippen molar-refractivity contribution >= 4 is 11.7 Å². The number of carbonyl (C=O) groups is 1. The van der Waals surface area contributed by atoms with Crippen LogP contribution in [-0.2, 0) is 0 Å². The lowest BCUT2D eigenvalue weighted by Gasteiger charge is -2.35. The smallest absolute Gasteiger partial charge is 0.254 e. The average Bonchev–Trinajstić information content (AvgIpc) is 3.46. The zero-order valence-corrected chi connectivity index (χ0v) is 13.7. The standard InChI is InChI=1S/C17H19N5O3/c23-15-9-12(10-16(24)18-15)17(25)22-7-5-21(6-8-22)14-4-3-13(19-20-14)11-1-2-11/h3-4,9-11H,1-2,5-8H2,(H2,18,23,24). The summed E-state index contributed by atoms with van der Waals surface area (Å²) < 4.78 is 0. The second kappa shape index (κ2) is 6.19. The molecule has 2 aliphatic rings. The molecule has 0 spiro atoms. The van der Waals surface area contributed by atoms with E-state index in [4.69, 9.17) is 0 Å². The van der Waals surface area contributed by atoms with Crippen LogP contribution in [0.3, 0.4) is 0 Å². The number of rotatable bonds is 3. The Morgan fingerprint density at radius 3 is 2.48 bits per heavy atom. The van der Waals surface area contributed by atoms with Crippen molar-refractivity contribution in [3.8, 4) is 5.88 Å². The lowest BCUT2D eigenvalue weighted by molar-refractivity contribution is 0.0745. The van der Waals surface area contributed by atoms with Crippen molar-refractivity contribution in [2.75, 3.05) is 31.1 Å². The van der Waals surface area contributed by atoms with Gasteiger partial charge >= 0.3 is 0 Å². The van der Waals surface area contributed by atoms with Crippen LogP contribution in [0, 0.1) is 0 Å². The zero-order valence-electron chi connectivity index (χ0n) is 13.7. The number of amides is 1. The van der Waals surface area contributed by atoms with Crippen LogP contribution in [-0.4, -0.2) is 57.3 Å². The van der Waals surface area contributed by atoms with E-state index in [9.17, 15) is 14.7 Å². The predicted octanol–water partition coefficient (Wildman–Crippen LogP) is 0.710. The molecule has 4 rings (SSSR count). The molecule has 0 aromatic carbocycles. The van der Waals surface area contributed by atoms with Crippen LogP contribution in [0.25, 0.3) is 0 Å². The van der Waals surface area contributed by atoms with Gasteiger partial charge in [-0.15, -0.1) is 5.10 Å². The van der Waals surface area contributed by atoms with E-state index >= 15 is 0 Å². The molecule has 0 bridgehead atoms. The van der Waals surface area contributed by atoms with Crippen LogP contribution in [0.15, 0.2) is 29.1 Å². The monoisotopic (exact) mass is 341 g/mol. The van der Waals surface area contributed by atoms with Gasteiger partial charge in [0.2, 0.25) is 0 Å². The fraction of sp³-hybridized carbons (Fsp3) is 0.412. The molecule has 1 aliphatic heterocycles. The number of nitrogens with zero attached hydrogens (tertiary/aromatic N) is 4. The summed E-state index contributed by atoms with van der Waals surface area (Å²) in [5, 5.41) is 18.1. The molecule has 8 nitrogen and oxygen atoms in total. The number of anilines is 1. The molecular formula is C17H19N5O3. The van der Waals surface area contributed by atoms with Crippen LogP contribution in [0.1, 0.15) is 34.8 Å². The van der Waals surface area contributed by atoms with E-state index in [-0.39, 0.29) is 17.4 Å². The topological polar surface area (TPSA) is 102 Å². The van der Waals surface area contributed by atoms with Gasteiger partial charge in [0.05, 0.1) is 11.3 Å². The molecule has 1 amide bonds. The van der Waals surface area contributed by atoms with Gasteiger partial charge in [-0.1, -0.05) is 0 Å².